The zero-order chi connectivity index (χ0) is 15.3. The average Bonchev–Trinajstić information content (AvgIpc) is 2.86. The third kappa shape index (κ3) is 5.06. The van der Waals surface area contributed by atoms with E-state index in [-0.39, 0.29) is 5.75 Å². The number of aromatic amines is 1. The molecule has 2 rings (SSSR count). The van der Waals surface area contributed by atoms with Gasteiger partial charge in [-0.3, -0.25) is 0 Å². The summed E-state index contributed by atoms with van der Waals surface area (Å²) in [5, 5.41) is 0.359. The van der Waals surface area contributed by atoms with Gasteiger partial charge in [-0.05, 0) is 24.9 Å². The fraction of sp³-hybridized carbons (Fsp3) is 0.583. The Morgan fingerprint density at radius 2 is 2.05 bits per heavy atom. The Balaban J connectivity index is 2.09. The Labute approximate surface area is 128 Å². The first-order chi connectivity index (χ1) is 9.99. The van der Waals surface area contributed by atoms with E-state index >= 15 is 0 Å². The summed E-state index contributed by atoms with van der Waals surface area (Å²) in [5.74, 6) is 0.930. The highest BCUT2D eigenvalue weighted by Gasteiger charge is 2.26. The van der Waals surface area contributed by atoms with E-state index in [0.717, 1.165) is 41.6 Å². The number of aryl methyl sites for hydroxylation is 1. The Morgan fingerprint density at radius 1 is 1.24 bits per heavy atom. The van der Waals surface area contributed by atoms with Crippen molar-refractivity contribution in [3.8, 4) is 0 Å². The molecule has 1 N–H and O–H groups in total. The lowest BCUT2D eigenvalue weighted by molar-refractivity contribution is -0.129. The average molecular weight is 336 g/mol. The zero-order valence-electron chi connectivity index (χ0n) is 11.4. The molecule has 2 aromatic rings. The van der Waals surface area contributed by atoms with Crippen LogP contribution in [0.5, 0.6) is 0 Å². The van der Waals surface area contributed by atoms with Crippen LogP contribution < -0.4 is 0 Å². The monoisotopic (exact) mass is 336 g/mol. The fourth-order valence-corrected chi connectivity index (χ4v) is 3.03. The first-order valence-electron chi connectivity index (χ1n) is 6.38. The van der Waals surface area contributed by atoms with E-state index in [4.69, 9.17) is 0 Å². The predicted octanol–water partition coefficient (Wildman–Crippen LogP) is 3.69. The lowest BCUT2D eigenvalue weighted by Gasteiger charge is -2.07. The Hall–Kier alpha value is -0.960. The van der Waals surface area contributed by atoms with Crippen LogP contribution in [0.2, 0.25) is 0 Å². The van der Waals surface area contributed by atoms with Crippen LogP contribution in [0.25, 0.3) is 11.2 Å². The van der Waals surface area contributed by atoms with Crippen LogP contribution in [0, 0.1) is 0 Å². The normalized spacial score (nSPS) is 12.2. The molecule has 0 aliphatic heterocycles. The molecule has 2 heterocycles. The number of alkyl halides is 3. The van der Waals surface area contributed by atoms with E-state index in [1.54, 1.807) is 11.8 Å². The van der Waals surface area contributed by atoms with Crippen LogP contribution in [0.1, 0.15) is 18.5 Å². The molecular formula is C12H15F3N4S2. The Bertz CT molecular complexity index is 585. The number of halogens is 3. The maximum Gasteiger partial charge on any atom is 0.389 e. The van der Waals surface area contributed by atoms with E-state index in [1.807, 2.05) is 6.26 Å². The summed E-state index contributed by atoms with van der Waals surface area (Å²) in [6.45, 7) is 0. The number of hydrogen-bond donors (Lipinski definition) is 1. The molecule has 0 unspecified atom stereocenters. The molecule has 9 heteroatoms. The minimum absolute atomic E-state index is 0.0797. The van der Waals surface area contributed by atoms with Gasteiger partial charge in [-0.1, -0.05) is 11.8 Å². The van der Waals surface area contributed by atoms with Gasteiger partial charge in [0.15, 0.2) is 10.8 Å². The Kier molecular flexibility index (Phi) is 5.74. The second-order valence-electron chi connectivity index (χ2n) is 4.36. The number of aromatic nitrogens is 4. The summed E-state index contributed by atoms with van der Waals surface area (Å²) >= 11 is 2.77. The molecule has 0 atom stereocenters. The van der Waals surface area contributed by atoms with Crippen molar-refractivity contribution in [2.45, 2.75) is 30.6 Å². The van der Waals surface area contributed by atoms with Crippen LogP contribution in [0.15, 0.2) is 11.5 Å². The van der Waals surface area contributed by atoms with Gasteiger partial charge in [-0.25, -0.2) is 15.0 Å². The van der Waals surface area contributed by atoms with Gasteiger partial charge in [0.25, 0.3) is 0 Å². The number of fused-ring (bicyclic) bond motifs is 1. The molecule has 0 aliphatic rings. The van der Waals surface area contributed by atoms with Gasteiger partial charge in [0, 0.05) is 5.75 Å². The van der Waals surface area contributed by atoms with Gasteiger partial charge in [0.2, 0.25) is 0 Å². The second-order valence-corrected chi connectivity index (χ2v) is 6.41. The highest BCUT2D eigenvalue weighted by atomic mass is 32.2. The number of nitrogens with one attached hydrogen (secondary N) is 1. The van der Waals surface area contributed by atoms with E-state index in [1.165, 1.54) is 6.33 Å². The topological polar surface area (TPSA) is 54.5 Å². The van der Waals surface area contributed by atoms with Crippen LogP contribution in [0.4, 0.5) is 13.2 Å². The first kappa shape index (κ1) is 16.4. The third-order valence-electron chi connectivity index (χ3n) is 2.72. The lowest BCUT2D eigenvalue weighted by atomic mass is 10.2. The van der Waals surface area contributed by atoms with E-state index < -0.39 is 12.6 Å². The van der Waals surface area contributed by atoms with Crippen LogP contribution in [-0.2, 0) is 6.42 Å². The molecule has 4 nitrogen and oxygen atoms in total. The molecule has 0 radical (unpaired) electrons. The maximum absolute atomic E-state index is 12.2. The molecule has 2 aromatic heterocycles. The molecule has 0 spiro atoms. The molecule has 0 amide bonds. The highest BCUT2D eigenvalue weighted by molar-refractivity contribution is 7.99. The van der Waals surface area contributed by atoms with Crippen LogP contribution in [-0.4, -0.2) is 43.9 Å². The predicted molar refractivity (Wildman–Crippen MR) is 79.8 cm³/mol. The van der Waals surface area contributed by atoms with Gasteiger partial charge in [0.05, 0.1) is 18.4 Å². The summed E-state index contributed by atoms with van der Waals surface area (Å²) in [5.41, 5.74) is 2.11. The van der Waals surface area contributed by atoms with Gasteiger partial charge in [-0.2, -0.15) is 24.9 Å². The molecule has 0 aliphatic carbocycles. The molecule has 21 heavy (non-hydrogen) atoms. The number of rotatable bonds is 7. The van der Waals surface area contributed by atoms with Crippen molar-refractivity contribution < 1.29 is 13.2 Å². The van der Waals surface area contributed by atoms with Crippen LogP contribution in [0.3, 0.4) is 0 Å². The number of imidazole rings is 1. The maximum atomic E-state index is 12.2. The van der Waals surface area contributed by atoms with Crippen molar-refractivity contribution in [3.63, 3.8) is 0 Å². The largest absolute Gasteiger partial charge is 0.389 e. The Morgan fingerprint density at radius 3 is 2.76 bits per heavy atom. The highest BCUT2D eigenvalue weighted by Crippen LogP contribution is 2.26. The van der Waals surface area contributed by atoms with Gasteiger partial charge < -0.3 is 4.98 Å². The quantitative estimate of drug-likeness (QED) is 0.475. The summed E-state index contributed by atoms with van der Waals surface area (Å²) < 4.78 is 36.5. The summed E-state index contributed by atoms with van der Waals surface area (Å²) in [4.78, 5) is 15.6. The standard InChI is InChI=1S/C12H15F3N4S2/c1-20-5-2-3-8-9-10(17-7-16-9)19-11(18-8)21-6-4-12(13,14)15/h7H,2-6H2,1H3,(H,16,17,18,19). The summed E-state index contributed by atoms with van der Waals surface area (Å²) in [7, 11) is 0. The molecule has 116 valence electrons. The summed E-state index contributed by atoms with van der Waals surface area (Å²) in [6.07, 6.45) is 0.283. The van der Waals surface area contributed by atoms with E-state index in [9.17, 15) is 13.2 Å². The van der Waals surface area contributed by atoms with Crippen molar-refractivity contribution in [3.05, 3.63) is 12.0 Å². The molecule has 0 bridgehead atoms. The van der Waals surface area contributed by atoms with Crippen molar-refractivity contribution in [2.24, 2.45) is 0 Å². The van der Waals surface area contributed by atoms with Crippen molar-refractivity contribution in [1.82, 2.24) is 19.9 Å². The van der Waals surface area contributed by atoms with Crippen LogP contribution >= 0.6 is 23.5 Å². The molecule has 0 fully saturated rings. The SMILES string of the molecule is CSCCCc1nc(SCCC(F)(F)F)nc2nc[nH]c12. The number of thioether (sulfide) groups is 2. The smallest absolute Gasteiger partial charge is 0.342 e. The van der Waals surface area contributed by atoms with Gasteiger partial charge in [-0.15, -0.1) is 0 Å². The number of hydrogen-bond acceptors (Lipinski definition) is 5. The molecular weight excluding hydrogens is 321 g/mol. The van der Waals surface area contributed by atoms with Gasteiger partial charge in [0.1, 0.15) is 5.52 Å². The summed E-state index contributed by atoms with van der Waals surface area (Å²) in [6, 6.07) is 0. The second kappa shape index (κ2) is 7.35. The molecule has 0 saturated heterocycles. The molecule has 0 saturated carbocycles. The van der Waals surface area contributed by atoms with Crippen molar-refractivity contribution in [2.75, 3.05) is 17.8 Å². The first-order valence-corrected chi connectivity index (χ1v) is 8.76. The van der Waals surface area contributed by atoms with Crippen molar-refractivity contribution >= 4 is 34.7 Å². The zero-order valence-corrected chi connectivity index (χ0v) is 13.0. The van der Waals surface area contributed by atoms with E-state index in [0.29, 0.717) is 10.8 Å². The fourth-order valence-electron chi connectivity index (χ4n) is 1.76. The van der Waals surface area contributed by atoms with Gasteiger partial charge >= 0.3 is 6.18 Å². The molecule has 0 aromatic carbocycles. The minimum Gasteiger partial charge on any atom is -0.342 e. The number of nitrogens with zero attached hydrogens (tertiary/aromatic N) is 3. The third-order valence-corrected chi connectivity index (χ3v) is 4.26. The van der Waals surface area contributed by atoms with E-state index in [2.05, 4.69) is 19.9 Å². The van der Waals surface area contributed by atoms with Crippen molar-refractivity contribution in [1.29, 1.82) is 0 Å². The lowest BCUT2D eigenvalue weighted by Crippen LogP contribution is -2.08. The minimum atomic E-state index is -4.15. The number of H-pyrrole nitrogens is 1.